The summed E-state index contributed by atoms with van der Waals surface area (Å²) in [5.74, 6) is 1.15. The number of benzene rings is 1. The summed E-state index contributed by atoms with van der Waals surface area (Å²) >= 11 is 0. The van der Waals surface area contributed by atoms with E-state index in [0.717, 1.165) is 0 Å². The van der Waals surface area contributed by atoms with Gasteiger partial charge >= 0.3 is 0 Å². The molecule has 0 fully saturated rings. The molecule has 0 radical (unpaired) electrons. The van der Waals surface area contributed by atoms with E-state index in [4.69, 9.17) is 19.9 Å². The van der Waals surface area contributed by atoms with Crippen LogP contribution in [0.1, 0.15) is 11.6 Å². The van der Waals surface area contributed by atoms with Gasteiger partial charge in [0.1, 0.15) is 0 Å². The average molecular weight is 231 g/mol. The van der Waals surface area contributed by atoms with Crippen molar-refractivity contribution in [1.29, 1.82) is 0 Å². The highest BCUT2D eigenvalue weighted by Gasteiger charge is 2.25. The molecule has 2 N–H and O–H groups in total. The Hall–Kier alpha value is -1.56. The van der Waals surface area contributed by atoms with Crippen LogP contribution in [0, 0.1) is 0 Å². The summed E-state index contributed by atoms with van der Waals surface area (Å²) in [6.07, 6.45) is -2.63. The van der Waals surface area contributed by atoms with Gasteiger partial charge in [-0.1, -0.05) is 0 Å². The van der Waals surface area contributed by atoms with E-state index in [1.807, 2.05) is 0 Å². The molecule has 0 unspecified atom stereocenters. The lowest BCUT2D eigenvalue weighted by Crippen LogP contribution is -2.18. The second-order valence-electron chi connectivity index (χ2n) is 3.32. The average Bonchev–Trinajstić information content (AvgIpc) is 2.74. The standard InChI is InChI=1S/C10H11F2NO3/c1-14-6-2-5(8(13)10(11)12)3-7-9(6)16-4-15-7/h2-3,8,10H,4,13H2,1H3/t8-/m1/s1. The van der Waals surface area contributed by atoms with Gasteiger partial charge in [0.05, 0.1) is 13.2 Å². The van der Waals surface area contributed by atoms with Crippen LogP contribution in [0.15, 0.2) is 12.1 Å². The molecule has 0 aliphatic carbocycles. The Morgan fingerprint density at radius 1 is 1.38 bits per heavy atom. The zero-order chi connectivity index (χ0) is 11.7. The zero-order valence-electron chi connectivity index (χ0n) is 8.57. The Morgan fingerprint density at radius 2 is 2.12 bits per heavy atom. The molecular formula is C10H11F2NO3. The number of nitrogens with two attached hydrogens (primary N) is 1. The van der Waals surface area contributed by atoms with Crippen molar-refractivity contribution in [3.05, 3.63) is 17.7 Å². The topological polar surface area (TPSA) is 53.7 Å². The Balaban J connectivity index is 2.41. The van der Waals surface area contributed by atoms with E-state index in [-0.39, 0.29) is 12.4 Å². The predicted octanol–water partition coefficient (Wildman–Crippen LogP) is 1.69. The SMILES string of the molecule is COc1cc([C@@H](N)C(F)F)cc2c1OCO2. The maximum atomic E-state index is 12.5. The van der Waals surface area contributed by atoms with E-state index in [0.29, 0.717) is 17.2 Å². The van der Waals surface area contributed by atoms with E-state index < -0.39 is 12.5 Å². The normalized spacial score (nSPS) is 15.3. The molecule has 88 valence electrons. The molecule has 1 aliphatic rings. The van der Waals surface area contributed by atoms with Crippen LogP contribution >= 0.6 is 0 Å². The molecule has 0 amide bonds. The number of hydrogen-bond donors (Lipinski definition) is 1. The molecule has 0 bridgehead atoms. The van der Waals surface area contributed by atoms with Crippen LogP contribution in [0.5, 0.6) is 17.2 Å². The summed E-state index contributed by atoms with van der Waals surface area (Å²) < 4.78 is 40.2. The Labute approximate surface area is 90.9 Å². The number of rotatable bonds is 3. The molecule has 6 heteroatoms. The van der Waals surface area contributed by atoms with Gasteiger partial charge in [0.25, 0.3) is 6.43 Å². The second kappa shape index (κ2) is 4.13. The van der Waals surface area contributed by atoms with Gasteiger partial charge in [-0.15, -0.1) is 0 Å². The quantitative estimate of drug-likeness (QED) is 0.860. The van der Waals surface area contributed by atoms with E-state index in [2.05, 4.69) is 0 Å². The first kappa shape index (κ1) is 10.9. The second-order valence-corrected chi connectivity index (χ2v) is 3.32. The molecule has 1 aromatic rings. The van der Waals surface area contributed by atoms with Gasteiger partial charge < -0.3 is 19.9 Å². The van der Waals surface area contributed by atoms with E-state index in [1.54, 1.807) is 0 Å². The zero-order valence-corrected chi connectivity index (χ0v) is 8.57. The number of hydrogen-bond acceptors (Lipinski definition) is 4. The first-order valence-corrected chi connectivity index (χ1v) is 4.64. The number of ether oxygens (including phenoxy) is 3. The van der Waals surface area contributed by atoms with Crippen molar-refractivity contribution in [2.75, 3.05) is 13.9 Å². The number of fused-ring (bicyclic) bond motifs is 1. The first-order chi connectivity index (χ1) is 7.63. The van der Waals surface area contributed by atoms with Crippen LogP contribution in [0.25, 0.3) is 0 Å². The summed E-state index contributed by atoms with van der Waals surface area (Å²) in [5.41, 5.74) is 5.61. The van der Waals surface area contributed by atoms with E-state index >= 15 is 0 Å². The minimum Gasteiger partial charge on any atom is -0.493 e. The van der Waals surface area contributed by atoms with Crippen molar-refractivity contribution in [3.8, 4) is 17.2 Å². The molecule has 1 aliphatic heterocycles. The van der Waals surface area contributed by atoms with Crippen LogP contribution in [-0.4, -0.2) is 20.3 Å². The van der Waals surface area contributed by atoms with Crippen LogP contribution in [-0.2, 0) is 0 Å². The minimum absolute atomic E-state index is 0.0546. The smallest absolute Gasteiger partial charge is 0.257 e. The largest absolute Gasteiger partial charge is 0.493 e. The van der Waals surface area contributed by atoms with Gasteiger partial charge in [0.15, 0.2) is 11.5 Å². The van der Waals surface area contributed by atoms with E-state index in [9.17, 15) is 8.78 Å². The summed E-state index contributed by atoms with van der Waals surface area (Å²) in [4.78, 5) is 0. The molecule has 0 saturated heterocycles. The third kappa shape index (κ3) is 1.76. The number of methoxy groups -OCH3 is 1. The monoisotopic (exact) mass is 231 g/mol. The molecule has 1 heterocycles. The Kier molecular flexibility index (Phi) is 2.82. The fraction of sp³-hybridized carbons (Fsp3) is 0.400. The highest BCUT2D eigenvalue weighted by Crippen LogP contribution is 2.43. The molecule has 1 atom stereocenters. The van der Waals surface area contributed by atoms with Gasteiger partial charge in [0.2, 0.25) is 12.5 Å². The fourth-order valence-corrected chi connectivity index (χ4v) is 1.49. The summed E-state index contributed by atoms with van der Waals surface area (Å²) in [6, 6.07) is 1.52. The minimum atomic E-state index is -2.63. The summed E-state index contributed by atoms with van der Waals surface area (Å²) in [5, 5.41) is 0. The van der Waals surface area contributed by atoms with Crippen LogP contribution in [0.2, 0.25) is 0 Å². The third-order valence-electron chi connectivity index (χ3n) is 2.34. The van der Waals surface area contributed by atoms with Crippen molar-refractivity contribution >= 4 is 0 Å². The highest BCUT2D eigenvalue weighted by molar-refractivity contribution is 5.55. The lowest BCUT2D eigenvalue weighted by molar-refractivity contribution is 0.116. The first-order valence-electron chi connectivity index (χ1n) is 4.64. The van der Waals surface area contributed by atoms with Crippen molar-refractivity contribution < 1.29 is 23.0 Å². The molecule has 16 heavy (non-hydrogen) atoms. The van der Waals surface area contributed by atoms with Gasteiger partial charge in [0, 0.05) is 0 Å². The Morgan fingerprint density at radius 3 is 2.75 bits per heavy atom. The molecule has 4 nitrogen and oxygen atoms in total. The molecule has 0 saturated carbocycles. The summed E-state index contributed by atoms with van der Waals surface area (Å²) in [7, 11) is 1.43. The van der Waals surface area contributed by atoms with Crippen molar-refractivity contribution in [2.45, 2.75) is 12.5 Å². The molecule has 0 aromatic heterocycles. The predicted molar refractivity (Wildman–Crippen MR) is 52.0 cm³/mol. The molecular weight excluding hydrogens is 220 g/mol. The van der Waals surface area contributed by atoms with Gasteiger partial charge in [-0.3, -0.25) is 0 Å². The fourth-order valence-electron chi connectivity index (χ4n) is 1.49. The Bertz CT molecular complexity index is 398. The maximum Gasteiger partial charge on any atom is 0.257 e. The number of halogens is 2. The third-order valence-corrected chi connectivity index (χ3v) is 2.34. The van der Waals surface area contributed by atoms with Crippen molar-refractivity contribution in [3.63, 3.8) is 0 Å². The molecule has 0 spiro atoms. The van der Waals surface area contributed by atoms with Gasteiger partial charge in [-0.05, 0) is 17.7 Å². The van der Waals surface area contributed by atoms with Gasteiger partial charge in [-0.25, -0.2) is 8.78 Å². The molecule has 2 rings (SSSR count). The van der Waals surface area contributed by atoms with Gasteiger partial charge in [-0.2, -0.15) is 0 Å². The van der Waals surface area contributed by atoms with Crippen LogP contribution in [0.3, 0.4) is 0 Å². The number of alkyl halides is 2. The maximum absolute atomic E-state index is 12.5. The lowest BCUT2D eigenvalue weighted by Gasteiger charge is -2.13. The van der Waals surface area contributed by atoms with E-state index in [1.165, 1.54) is 19.2 Å². The van der Waals surface area contributed by atoms with Crippen LogP contribution < -0.4 is 19.9 Å². The lowest BCUT2D eigenvalue weighted by atomic mass is 10.1. The van der Waals surface area contributed by atoms with Crippen LogP contribution in [0.4, 0.5) is 8.78 Å². The highest BCUT2D eigenvalue weighted by atomic mass is 19.3. The van der Waals surface area contributed by atoms with Crippen molar-refractivity contribution in [2.24, 2.45) is 5.73 Å². The van der Waals surface area contributed by atoms with Crippen molar-refractivity contribution in [1.82, 2.24) is 0 Å². The summed E-state index contributed by atoms with van der Waals surface area (Å²) in [6.45, 7) is 0.0546. The molecule has 1 aromatic carbocycles.